The summed E-state index contributed by atoms with van der Waals surface area (Å²) in [4.78, 5) is 12.7. The lowest BCUT2D eigenvalue weighted by atomic mass is 9.87. The van der Waals surface area contributed by atoms with Crippen molar-refractivity contribution in [2.24, 2.45) is 5.92 Å². The number of carbonyl (C=O) groups is 1. The lowest BCUT2D eigenvalue weighted by Crippen LogP contribution is -2.41. The molecule has 4 nitrogen and oxygen atoms in total. The number of rotatable bonds is 6. The van der Waals surface area contributed by atoms with Crippen LogP contribution >= 0.6 is 0 Å². The van der Waals surface area contributed by atoms with Crippen LogP contribution < -0.4 is 0 Å². The van der Waals surface area contributed by atoms with Crippen LogP contribution in [0, 0.1) is 19.8 Å². The van der Waals surface area contributed by atoms with E-state index in [1.165, 1.54) is 0 Å². The highest BCUT2D eigenvalue weighted by Crippen LogP contribution is 2.25. The fraction of sp³-hybridized carbons (Fsp3) is 0.611. The van der Waals surface area contributed by atoms with E-state index in [0.29, 0.717) is 32.4 Å². The van der Waals surface area contributed by atoms with E-state index in [9.17, 15) is 13.2 Å². The smallest absolute Gasteiger partial charge is 0.214 e. The number of hydrogen-bond acceptors (Lipinski definition) is 3. The second-order valence-electron chi connectivity index (χ2n) is 6.53. The van der Waals surface area contributed by atoms with Crippen molar-refractivity contribution in [1.29, 1.82) is 0 Å². The number of benzene rings is 1. The molecule has 2 rings (SSSR count). The van der Waals surface area contributed by atoms with Crippen molar-refractivity contribution in [2.45, 2.75) is 46.5 Å². The van der Waals surface area contributed by atoms with Crippen LogP contribution in [-0.2, 0) is 10.0 Å². The summed E-state index contributed by atoms with van der Waals surface area (Å²) in [6.45, 7) is 6.86. The Morgan fingerprint density at radius 3 is 2.48 bits per heavy atom. The first kappa shape index (κ1) is 18.1. The maximum Gasteiger partial charge on any atom is 0.214 e. The van der Waals surface area contributed by atoms with Crippen molar-refractivity contribution >= 4 is 15.8 Å². The van der Waals surface area contributed by atoms with Gasteiger partial charge in [0.1, 0.15) is 0 Å². The second-order valence-corrected chi connectivity index (χ2v) is 8.61. The van der Waals surface area contributed by atoms with Gasteiger partial charge >= 0.3 is 0 Å². The van der Waals surface area contributed by atoms with E-state index in [1.54, 1.807) is 4.31 Å². The molecule has 0 N–H and O–H groups in total. The van der Waals surface area contributed by atoms with Crippen molar-refractivity contribution in [3.05, 3.63) is 34.9 Å². The Bertz CT molecular complexity index is 659. The van der Waals surface area contributed by atoms with Crippen LogP contribution in [0.25, 0.3) is 0 Å². The van der Waals surface area contributed by atoms with E-state index in [4.69, 9.17) is 0 Å². The molecule has 0 saturated carbocycles. The van der Waals surface area contributed by atoms with Gasteiger partial charge in [-0.1, -0.05) is 31.0 Å². The van der Waals surface area contributed by atoms with Gasteiger partial charge in [0.05, 0.1) is 5.75 Å². The predicted octanol–water partition coefficient (Wildman–Crippen LogP) is 3.33. The maximum absolute atomic E-state index is 12.7. The molecule has 128 valence electrons. The summed E-state index contributed by atoms with van der Waals surface area (Å²) in [5.74, 6) is 0.323. The van der Waals surface area contributed by atoms with Crippen molar-refractivity contribution in [2.75, 3.05) is 18.8 Å². The monoisotopic (exact) mass is 337 g/mol. The average Bonchev–Trinajstić information content (AvgIpc) is 2.54. The Hall–Kier alpha value is -1.20. The summed E-state index contributed by atoms with van der Waals surface area (Å²) in [5, 5.41) is 0. The average molecular weight is 337 g/mol. The van der Waals surface area contributed by atoms with Crippen molar-refractivity contribution < 1.29 is 13.2 Å². The summed E-state index contributed by atoms with van der Waals surface area (Å²) >= 11 is 0. The number of ketones is 1. The van der Waals surface area contributed by atoms with Gasteiger partial charge in [-0.05, 0) is 44.7 Å². The molecular weight excluding hydrogens is 310 g/mol. The Morgan fingerprint density at radius 2 is 1.87 bits per heavy atom. The minimum absolute atomic E-state index is 0.0619. The molecule has 1 aromatic rings. The molecule has 1 aromatic carbocycles. The zero-order valence-electron chi connectivity index (χ0n) is 14.3. The zero-order chi connectivity index (χ0) is 17.0. The van der Waals surface area contributed by atoms with Gasteiger partial charge in [-0.3, -0.25) is 4.79 Å². The SMILES string of the molecule is CCCCS(=O)(=O)N1CCC(C(=O)c2cc(C)ccc2C)CC1. The zero-order valence-corrected chi connectivity index (χ0v) is 15.2. The minimum Gasteiger partial charge on any atom is -0.294 e. The number of sulfonamides is 1. The Morgan fingerprint density at radius 1 is 1.22 bits per heavy atom. The molecule has 5 heteroatoms. The fourth-order valence-electron chi connectivity index (χ4n) is 3.07. The molecule has 0 bridgehead atoms. The number of piperidine rings is 1. The molecule has 1 aliphatic heterocycles. The van der Waals surface area contributed by atoms with Crippen LogP contribution in [0.3, 0.4) is 0 Å². The summed E-state index contributed by atoms with van der Waals surface area (Å²) < 4.78 is 26.0. The van der Waals surface area contributed by atoms with E-state index in [0.717, 1.165) is 23.1 Å². The van der Waals surface area contributed by atoms with Gasteiger partial charge in [-0.15, -0.1) is 0 Å². The summed E-state index contributed by atoms with van der Waals surface area (Å²) in [7, 11) is -3.15. The van der Waals surface area contributed by atoms with Gasteiger partial charge in [0, 0.05) is 24.6 Å². The molecule has 0 amide bonds. The number of carbonyl (C=O) groups excluding carboxylic acids is 1. The minimum atomic E-state index is -3.15. The third-order valence-electron chi connectivity index (χ3n) is 4.63. The first-order chi connectivity index (χ1) is 10.8. The van der Waals surface area contributed by atoms with Gasteiger partial charge in [0.25, 0.3) is 0 Å². The molecule has 23 heavy (non-hydrogen) atoms. The summed E-state index contributed by atoms with van der Waals surface area (Å²) in [5.41, 5.74) is 2.87. The van der Waals surface area contributed by atoms with Crippen LogP contribution in [0.4, 0.5) is 0 Å². The molecule has 1 fully saturated rings. The molecular formula is C18H27NO3S. The van der Waals surface area contributed by atoms with Gasteiger partial charge in [-0.2, -0.15) is 0 Å². The lowest BCUT2D eigenvalue weighted by Gasteiger charge is -2.30. The van der Waals surface area contributed by atoms with Crippen molar-refractivity contribution in [3.63, 3.8) is 0 Å². The van der Waals surface area contributed by atoms with Crippen LogP contribution in [-0.4, -0.2) is 37.3 Å². The van der Waals surface area contributed by atoms with E-state index in [-0.39, 0.29) is 17.5 Å². The molecule has 0 atom stereocenters. The van der Waals surface area contributed by atoms with Crippen molar-refractivity contribution in [1.82, 2.24) is 4.31 Å². The molecule has 0 aliphatic carbocycles. The summed E-state index contributed by atoms with van der Waals surface area (Å²) in [6.07, 6.45) is 2.82. The molecule has 0 aromatic heterocycles. The van der Waals surface area contributed by atoms with Gasteiger partial charge < -0.3 is 0 Å². The first-order valence-corrected chi connectivity index (χ1v) is 10.1. The molecule has 1 heterocycles. The highest BCUT2D eigenvalue weighted by molar-refractivity contribution is 7.89. The van der Waals surface area contributed by atoms with E-state index < -0.39 is 10.0 Å². The third-order valence-corrected chi connectivity index (χ3v) is 6.59. The number of hydrogen-bond donors (Lipinski definition) is 0. The number of unbranched alkanes of at least 4 members (excludes halogenated alkanes) is 1. The molecule has 0 radical (unpaired) electrons. The number of Topliss-reactive ketones (excluding diaryl/α,β-unsaturated/α-hetero) is 1. The van der Waals surface area contributed by atoms with Gasteiger partial charge in [-0.25, -0.2) is 12.7 Å². The predicted molar refractivity (Wildman–Crippen MR) is 93.2 cm³/mol. The Labute approximate surface area is 139 Å². The van der Waals surface area contributed by atoms with Crippen molar-refractivity contribution in [3.8, 4) is 0 Å². The quantitative estimate of drug-likeness (QED) is 0.748. The topological polar surface area (TPSA) is 54.5 Å². The first-order valence-electron chi connectivity index (χ1n) is 8.44. The summed E-state index contributed by atoms with van der Waals surface area (Å²) in [6, 6.07) is 5.93. The van der Waals surface area contributed by atoms with Crippen LogP contribution in [0.2, 0.25) is 0 Å². The standard InChI is InChI=1S/C18H27NO3S/c1-4-5-12-23(21,22)19-10-8-16(9-11-19)18(20)17-13-14(2)6-7-15(17)3/h6-7,13,16H,4-5,8-12H2,1-3H3. The van der Waals surface area contributed by atoms with E-state index >= 15 is 0 Å². The third kappa shape index (κ3) is 4.42. The molecule has 0 unspecified atom stereocenters. The Kier molecular flexibility index (Phi) is 5.98. The van der Waals surface area contributed by atoms with Crippen LogP contribution in [0.5, 0.6) is 0 Å². The molecule has 0 spiro atoms. The lowest BCUT2D eigenvalue weighted by molar-refractivity contribution is 0.0874. The molecule has 1 aliphatic rings. The molecule has 1 saturated heterocycles. The second kappa shape index (κ2) is 7.58. The van der Waals surface area contributed by atoms with Crippen LogP contribution in [0.15, 0.2) is 18.2 Å². The van der Waals surface area contributed by atoms with Crippen LogP contribution in [0.1, 0.15) is 54.1 Å². The Balaban J connectivity index is 2.01. The highest BCUT2D eigenvalue weighted by Gasteiger charge is 2.31. The largest absolute Gasteiger partial charge is 0.294 e. The normalized spacial score (nSPS) is 17.3. The number of aryl methyl sites for hydroxylation is 2. The number of nitrogens with zero attached hydrogens (tertiary/aromatic N) is 1. The van der Waals surface area contributed by atoms with E-state index in [2.05, 4.69) is 0 Å². The van der Waals surface area contributed by atoms with Gasteiger partial charge in [0.2, 0.25) is 10.0 Å². The maximum atomic E-state index is 12.7. The van der Waals surface area contributed by atoms with Gasteiger partial charge in [0.15, 0.2) is 5.78 Å². The fourth-order valence-corrected chi connectivity index (χ4v) is 4.75. The van der Waals surface area contributed by atoms with E-state index in [1.807, 2.05) is 39.0 Å². The highest BCUT2D eigenvalue weighted by atomic mass is 32.2.